The fraction of sp³-hybridized carbons (Fsp3) is 0.364. The maximum absolute atomic E-state index is 11.1. The molecule has 0 aliphatic heterocycles. The second-order valence-corrected chi connectivity index (χ2v) is 3.11. The normalized spacial score (nSPS) is 9.93. The van der Waals surface area contributed by atoms with Gasteiger partial charge in [0, 0.05) is 6.42 Å². The number of esters is 1. The van der Waals surface area contributed by atoms with Crippen LogP contribution in [0.3, 0.4) is 0 Å². The lowest BCUT2D eigenvalue weighted by Gasteiger charge is -2.03. The molecule has 0 unspecified atom stereocenters. The van der Waals surface area contributed by atoms with E-state index in [1.807, 2.05) is 0 Å². The van der Waals surface area contributed by atoms with Gasteiger partial charge >= 0.3 is 5.97 Å². The molecule has 0 aliphatic carbocycles. The summed E-state index contributed by atoms with van der Waals surface area (Å²) >= 11 is 0. The van der Waals surface area contributed by atoms with Crippen LogP contribution in [0, 0.1) is 0 Å². The zero-order valence-corrected chi connectivity index (χ0v) is 8.35. The Morgan fingerprint density at radius 1 is 1.27 bits per heavy atom. The quantitative estimate of drug-likeness (QED) is 0.707. The molecule has 0 saturated carbocycles. The number of benzene rings is 1. The van der Waals surface area contributed by atoms with Gasteiger partial charge < -0.3 is 14.9 Å². The molecule has 0 atom stereocenters. The Bertz CT molecular complexity index is 305. The molecule has 0 aliphatic rings. The monoisotopic (exact) mass is 210 g/mol. The van der Waals surface area contributed by atoms with Crippen LogP contribution in [-0.2, 0) is 16.0 Å². The van der Waals surface area contributed by atoms with E-state index >= 15 is 0 Å². The first-order valence-corrected chi connectivity index (χ1v) is 4.77. The van der Waals surface area contributed by atoms with E-state index < -0.39 is 0 Å². The van der Waals surface area contributed by atoms with E-state index in [0.717, 1.165) is 5.56 Å². The average molecular weight is 210 g/mol. The van der Waals surface area contributed by atoms with Crippen molar-refractivity contribution in [3.8, 4) is 5.75 Å². The van der Waals surface area contributed by atoms with E-state index in [4.69, 9.17) is 14.9 Å². The molecule has 82 valence electrons. The van der Waals surface area contributed by atoms with E-state index in [9.17, 15) is 4.79 Å². The highest BCUT2D eigenvalue weighted by Gasteiger charge is 2.02. The molecule has 1 aromatic carbocycles. The molecule has 4 heteroatoms. The molecule has 0 bridgehead atoms. The number of phenolic OH excluding ortho intramolecular Hbond substituents is 1. The smallest absolute Gasteiger partial charge is 0.306 e. The summed E-state index contributed by atoms with van der Waals surface area (Å²) in [6, 6.07) is 6.67. The number of rotatable bonds is 5. The van der Waals surface area contributed by atoms with Crippen LogP contribution in [0.25, 0.3) is 0 Å². The molecule has 0 radical (unpaired) electrons. The van der Waals surface area contributed by atoms with Crippen molar-refractivity contribution in [1.29, 1.82) is 0 Å². The highest BCUT2D eigenvalue weighted by molar-refractivity contribution is 5.69. The summed E-state index contributed by atoms with van der Waals surface area (Å²) in [5.41, 5.74) is 0.966. The number of ether oxygens (including phenoxy) is 1. The molecular weight excluding hydrogens is 196 g/mol. The van der Waals surface area contributed by atoms with Crippen molar-refractivity contribution >= 4 is 5.97 Å². The van der Waals surface area contributed by atoms with Crippen LogP contribution in [0.2, 0.25) is 0 Å². The zero-order chi connectivity index (χ0) is 11.1. The van der Waals surface area contributed by atoms with Gasteiger partial charge in [0.1, 0.15) is 12.4 Å². The van der Waals surface area contributed by atoms with Gasteiger partial charge in [-0.1, -0.05) is 12.1 Å². The molecule has 2 N–H and O–H groups in total. The summed E-state index contributed by atoms with van der Waals surface area (Å²) in [7, 11) is 0. The summed E-state index contributed by atoms with van der Waals surface area (Å²) in [5, 5.41) is 17.5. The van der Waals surface area contributed by atoms with E-state index in [1.54, 1.807) is 24.3 Å². The highest BCUT2D eigenvalue weighted by Crippen LogP contribution is 2.11. The Kier molecular flexibility index (Phi) is 4.63. The fourth-order valence-electron chi connectivity index (χ4n) is 1.14. The van der Waals surface area contributed by atoms with Gasteiger partial charge in [0.05, 0.1) is 6.61 Å². The summed E-state index contributed by atoms with van der Waals surface area (Å²) in [5.74, 6) is -0.112. The van der Waals surface area contributed by atoms with E-state index in [2.05, 4.69) is 0 Å². The summed E-state index contributed by atoms with van der Waals surface area (Å²) in [6.07, 6.45) is 0.856. The van der Waals surface area contributed by atoms with Crippen LogP contribution in [0.15, 0.2) is 24.3 Å². The number of aliphatic hydroxyl groups is 1. The molecule has 0 amide bonds. The summed E-state index contributed by atoms with van der Waals surface area (Å²) < 4.78 is 4.70. The summed E-state index contributed by atoms with van der Waals surface area (Å²) in [6.45, 7) is -0.0979. The van der Waals surface area contributed by atoms with Gasteiger partial charge in [0.25, 0.3) is 0 Å². The molecule has 4 nitrogen and oxygen atoms in total. The minimum atomic E-state index is -0.322. The molecule has 1 aromatic rings. The number of phenols is 1. The second-order valence-electron chi connectivity index (χ2n) is 3.11. The van der Waals surface area contributed by atoms with Crippen molar-refractivity contribution in [2.75, 3.05) is 13.2 Å². The van der Waals surface area contributed by atoms with Crippen LogP contribution in [0.1, 0.15) is 12.0 Å². The number of hydrogen-bond donors (Lipinski definition) is 2. The van der Waals surface area contributed by atoms with Gasteiger partial charge in [0.2, 0.25) is 0 Å². The minimum Gasteiger partial charge on any atom is -0.508 e. The van der Waals surface area contributed by atoms with Crippen LogP contribution in [0.4, 0.5) is 0 Å². The van der Waals surface area contributed by atoms with Gasteiger partial charge in [0.15, 0.2) is 0 Å². The lowest BCUT2D eigenvalue weighted by atomic mass is 10.1. The number of aromatic hydroxyl groups is 1. The highest BCUT2D eigenvalue weighted by atomic mass is 16.5. The second kappa shape index (κ2) is 6.03. The van der Waals surface area contributed by atoms with Gasteiger partial charge in [-0.3, -0.25) is 4.79 Å². The molecule has 0 saturated heterocycles. The van der Waals surface area contributed by atoms with Crippen LogP contribution in [-0.4, -0.2) is 29.4 Å². The Hall–Kier alpha value is -1.55. The first-order chi connectivity index (χ1) is 7.22. The predicted molar refractivity (Wildman–Crippen MR) is 54.5 cm³/mol. The number of carbonyl (C=O) groups is 1. The van der Waals surface area contributed by atoms with E-state index in [1.165, 1.54) is 0 Å². The van der Waals surface area contributed by atoms with Crippen LogP contribution < -0.4 is 0 Å². The summed E-state index contributed by atoms with van der Waals surface area (Å²) in [4.78, 5) is 11.1. The average Bonchev–Trinajstić information content (AvgIpc) is 2.25. The van der Waals surface area contributed by atoms with Gasteiger partial charge in [-0.15, -0.1) is 0 Å². The van der Waals surface area contributed by atoms with Crippen LogP contribution >= 0.6 is 0 Å². The molecule has 15 heavy (non-hydrogen) atoms. The third-order valence-electron chi connectivity index (χ3n) is 1.91. The van der Waals surface area contributed by atoms with Crippen LogP contribution in [0.5, 0.6) is 5.75 Å². The van der Waals surface area contributed by atoms with Gasteiger partial charge in [-0.05, 0) is 24.1 Å². The van der Waals surface area contributed by atoms with Crippen molar-refractivity contribution in [2.24, 2.45) is 0 Å². The number of aliphatic hydroxyl groups excluding tert-OH is 1. The molecule has 0 spiro atoms. The number of aryl methyl sites for hydroxylation is 1. The largest absolute Gasteiger partial charge is 0.508 e. The van der Waals surface area contributed by atoms with Gasteiger partial charge in [-0.25, -0.2) is 0 Å². The standard InChI is InChI=1S/C11H14O4/c12-7-8-15-11(14)6-3-9-1-4-10(13)5-2-9/h1-2,4-5,12-13H,3,6-8H2. The third-order valence-corrected chi connectivity index (χ3v) is 1.91. The van der Waals surface area contributed by atoms with Crippen molar-refractivity contribution in [3.63, 3.8) is 0 Å². The van der Waals surface area contributed by atoms with E-state index in [0.29, 0.717) is 6.42 Å². The first kappa shape index (κ1) is 11.5. The van der Waals surface area contributed by atoms with Crippen molar-refractivity contribution in [2.45, 2.75) is 12.8 Å². The predicted octanol–water partition coefficient (Wildman–Crippen LogP) is 0.860. The third kappa shape index (κ3) is 4.46. The maximum Gasteiger partial charge on any atom is 0.306 e. The zero-order valence-electron chi connectivity index (χ0n) is 8.35. The number of hydrogen-bond acceptors (Lipinski definition) is 4. The minimum absolute atomic E-state index is 0.0500. The van der Waals surface area contributed by atoms with Gasteiger partial charge in [-0.2, -0.15) is 0 Å². The lowest BCUT2D eigenvalue weighted by molar-refractivity contribution is -0.144. The van der Waals surface area contributed by atoms with E-state index in [-0.39, 0.29) is 31.4 Å². The Morgan fingerprint density at radius 3 is 2.53 bits per heavy atom. The van der Waals surface area contributed by atoms with Crippen molar-refractivity contribution < 1.29 is 19.7 Å². The van der Waals surface area contributed by atoms with Crippen molar-refractivity contribution in [1.82, 2.24) is 0 Å². The maximum atomic E-state index is 11.1. The Morgan fingerprint density at radius 2 is 1.93 bits per heavy atom. The Labute approximate surface area is 88.1 Å². The van der Waals surface area contributed by atoms with Crippen molar-refractivity contribution in [3.05, 3.63) is 29.8 Å². The molecule has 0 heterocycles. The molecule has 0 fully saturated rings. The molecule has 0 aromatic heterocycles. The first-order valence-electron chi connectivity index (χ1n) is 4.77. The Balaban J connectivity index is 2.30. The lowest BCUT2D eigenvalue weighted by Crippen LogP contribution is -2.09. The topological polar surface area (TPSA) is 66.8 Å². The fourth-order valence-corrected chi connectivity index (χ4v) is 1.14. The number of carbonyl (C=O) groups excluding carboxylic acids is 1. The molecule has 1 rings (SSSR count). The SMILES string of the molecule is O=C(CCc1ccc(O)cc1)OCCO. The molecular formula is C11H14O4.